The van der Waals surface area contributed by atoms with Crippen molar-refractivity contribution in [1.29, 1.82) is 0 Å². The molecule has 0 amide bonds. The number of rotatable bonds is 2. The Morgan fingerprint density at radius 3 is 2.52 bits per heavy atom. The molecule has 2 aromatic carbocycles. The van der Waals surface area contributed by atoms with Gasteiger partial charge in [-0.25, -0.2) is 0 Å². The fourth-order valence-electron chi connectivity index (χ4n) is 2.59. The molecule has 4 nitrogen and oxygen atoms in total. The van der Waals surface area contributed by atoms with Crippen LogP contribution in [0, 0.1) is 5.92 Å². The third kappa shape index (κ3) is 2.33. The van der Waals surface area contributed by atoms with E-state index >= 15 is 0 Å². The molecule has 2 aromatic rings. The number of hydrogen-bond donors (Lipinski definition) is 1. The molecule has 1 aliphatic heterocycles. The minimum Gasteiger partial charge on any atom is -0.508 e. The summed E-state index contributed by atoms with van der Waals surface area (Å²) in [5.74, 6) is 1.01. The SMILES string of the molecule is COc1ccc([C@H]2Oc3ccc(O)cc3C(=O)[C@H]2C)cc1. The van der Waals surface area contributed by atoms with Crippen LogP contribution in [0.2, 0.25) is 0 Å². The number of aromatic hydroxyl groups is 1. The molecule has 0 aliphatic carbocycles. The molecule has 1 heterocycles. The number of methoxy groups -OCH3 is 1. The Bertz CT molecular complexity index is 676. The van der Waals surface area contributed by atoms with E-state index in [-0.39, 0.29) is 23.6 Å². The fourth-order valence-corrected chi connectivity index (χ4v) is 2.59. The highest BCUT2D eigenvalue weighted by Crippen LogP contribution is 2.39. The molecule has 2 atom stereocenters. The highest BCUT2D eigenvalue weighted by molar-refractivity contribution is 6.01. The fraction of sp³-hybridized carbons (Fsp3) is 0.235. The summed E-state index contributed by atoms with van der Waals surface area (Å²) >= 11 is 0. The van der Waals surface area contributed by atoms with E-state index in [0.29, 0.717) is 11.3 Å². The highest BCUT2D eigenvalue weighted by Gasteiger charge is 2.35. The van der Waals surface area contributed by atoms with Crippen LogP contribution in [-0.4, -0.2) is 18.0 Å². The summed E-state index contributed by atoms with van der Waals surface area (Å²) < 4.78 is 11.1. The quantitative estimate of drug-likeness (QED) is 0.918. The summed E-state index contributed by atoms with van der Waals surface area (Å²) in [5.41, 5.74) is 1.36. The van der Waals surface area contributed by atoms with Gasteiger partial charge in [-0.15, -0.1) is 0 Å². The van der Waals surface area contributed by atoms with Crippen molar-refractivity contribution in [3.63, 3.8) is 0 Å². The number of ether oxygens (including phenoxy) is 2. The molecule has 0 saturated carbocycles. The Morgan fingerprint density at radius 2 is 1.86 bits per heavy atom. The van der Waals surface area contributed by atoms with E-state index in [1.54, 1.807) is 13.2 Å². The maximum Gasteiger partial charge on any atom is 0.173 e. The van der Waals surface area contributed by atoms with Gasteiger partial charge in [0.05, 0.1) is 18.6 Å². The number of ketones is 1. The highest BCUT2D eigenvalue weighted by atomic mass is 16.5. The predicted molar refractivity (Wildman–Crippen MR) is 78.0 cm³/mol. The first kappa shape index (κ1) is 13.5. The second-order valence-corrected chi connectivity index (χ2v) is 5.14. The molecule has 3 rings (SSSR count). The van der Waals surface area contributed by atoms with Crippen molar-refractivity contribution < 1.29 is 19.4 Å². The van der Waals surface area contributed by atoms with Crippen LogP contribution in [0.15, 0.2) is 42.5 Å². The van der Waals surface area contributed by atoms with Gasteiger partial charge in [-0.1, -0.05) is 19.1 Å². The second-order valence-electron chi connectivity index (χ2n) is 5.14. The van der Waals surface area contributed by atoms with Crippen molar-refractivity contribution in [2.45, 2.75) is 13.0 Å². The number of hydrogen-bond acceptors (Lipinski definition) is 4. The van der Waals surface area contributed by atoms with Crippen LogP contribution in [0.4, 0.5) is 0 Å². The van der Waals surface area contributed by atoms with Gasteiger partial charge in [-0.3, -0.25) is 4.79 Å². The van der Waals surface area contributed by atoms with E-state index in [9.17, 15) is 9.90 Å². The molecule has 0 aromatic heterocycles. The van der Waals surface area contributed by atoms with E-state index in [1.807, 2.05) is 31.2 Å². The number of benzene rings is 2. The van der Waals surface area contributed by atoms with E-state index in [4.69, 9.17) is 9.47 Å². The molecule has 1 N–H and O–H groups in total. The number of carbonyl (C=O) groups is 1. The topological polar surface area (TPSA) is 55.8 Å². The monoisotopic (exact) mass is 284 g/mol. The Kier molecular flexibility index (Phi) is 3.29. The lowest BCUT2D eigenvalue weighted by atomic mass is 9.87. The first-order valence-corrected chi connectivity index (χ1v) is 6.78. The van der Waals surface area contributed by atoms with Crippen LogP contribution in [0.1, 0.15) is 28.9 Å². The lowest BCUT2D eigenvalue weighted by Gasteiger charge is -2.30. The summed E-state index contributed by atoms with van der Waals surface area (Å²) in [6.45, 7) is 1.84. The van der Waals surface area contributed by atoms with Gasteiger partial charge in [0.1, 0.15) is 23.4 Å². The number of phenolic OH excluding ortho intramolecular Hbond substituents is 1. The zero-order valence-electron chi connectivity index (χ0n) is 11.9. The van der Waals surface area contributed by atoms with Crippen LogP contribution in [0.25, 0.3) is 0 Å². The normalized spacial score (nSPS) is 20.6. The smallest absolute Gasteiger partial charge is 0.173 e. The van der Waals surface area contributed by atoms with Gasteiger partial charge in [0.15, 0.2) is 5.78 Å². The lowest BCUT2D eigenvalue weighted by molar-refractivity contribution is 0.0689. The van der Waals surface area contributed by atoms with Gasteiger partial charge in [0, 0.05) is 0 Å². The number of fused-ring (bicyclic) bond motifs is 1. The zero-order valence-corrected chi connectivity index (χ0v) is 11.9. The Labute approximate surface area is 122 Å². The van der Waals surface area contributed by atoms with Crippen LogP contribution in [0.5, 0.6) is 17.2 Å². The van der Waals surface area contributed by atoms with E-state index in [2.05, 4.69) is 0 Å². The molecule has 0 saturated heterocycles. The van der Waals surface area contributed by atoms with Crippen molar-refractivity contribution in [2.24, 2.45) is 5.92 Å². The van der Waals surface area contributed by atoms with Crippen LogP contribution in [-0.2, 0) is 0 Å². The molecule has 0 fully saturated rings. The van der Waals surface area contributed by atoms with Gasteiger partial charge >= 0.3 is 0 Å². The van der Waals surface area contributed by atoms with Crippen molar-refractivity contribution in [2.75, 3.05) is 7.11 Å². The molecule has 4 heteroatoms. The van der Waals surface area contributed by atoms with Gasteiger partial charge in [0.25, 0.3) is 0 Å². The third-order valence-electron chi connectivity index (χ3n) is 3.79. The van der Waals surface area contributed by atoms with Crippen molar-refractivity contribution >= 4 is 5.78 Å². The largest absolute Gasteiger partial charge is 0.508 e. The molecule has 21 heavy (non-hydrogen) atoms. The second kappa shape index (κ2) is 5.13. The molecule has 0 radical (unpaired) electrons. The van der Waals surface area contributed by atoms with Crippen molar-refractivity contribution in [1.82, 2.24) is 0 Å². The molecule has 108 valence electrons. The number of Topliss-reactive ketones (excluding diaryl/α,β-unsaturated/α-hetero) is 1. The van der Waals surface area contributed by atoms with Gasteiger partial charge in [0.2, 0.25) is 0 Å². The van der Waals surface area contributed by atoms with Gasteiger partial charge in [-0.05, 0) is 35.9 Å². The number of carbonyl (C=O) groups excluding carboxylic acids is 1. The van der Waals surface area contributed by atoms with Gasteiger partial charge < -0.3 is 14.6 Å². The maximum atomic E-state index is 12.5. The molecular formula is C17H16O4. The molecule has 1 aliphatic rings. The first-order chi connectivity index (χ1) is 10.1. The third-order valence-corrected chi connectivity index (χ3v) is 3.79. The average Bonchev–Trinajstić information content (AvgIpc) is 2.51. The molecule has 0 spiro atoms. The van der Waals surface area contributed by atoms with Crippen molar-refractivity contribution in [3.8, 4) is 17.2 Å². The summed E-state index contributed by atoms with van der Waals surface area (Å²) in [6.07, 6.45) is -0.333. The Morgan fingerprint density at radius 1 is 1.14 bits per heavy atom. The van der Waals surface area contributed by atoms with Crippen molar-refractivity contribution in [3.05, 3.63) is 53.6 Å². The van der Waals surface area contributed by atoms with E-state index in [0.717, 1.165) is 11.3 Å². The first-order valence-electron chi connectivity index (χ1n) is 6.78. The lowest BCUT2D eigenvalue weighted by Crippen LogP contribution is -2.29. The maximum absolute atomic E-state index is 12.5. The Hall–Kier alpha value is -2.49. The van der Waals surface area contributed by atoms with Crippen LogP contribution >= 0.6 is 0 Å². The number of phenols is 1. The molecular weight excluding hydrogens is 268 g/mol. The van der Waals surface area contributed by atoms with Crippen LogP contribution < -0.4 is 9.47 Å². The summed E-state index contributed by atoms with van der Waals surface area (Å²) in [7, 11) is 1.61. The zero-order chi connectivity index (χ0) is 15.0. The van der Waals surface area contributed by atoms with Crippen LogP contribution in [0.3, 0.4) is 0 Å². The van der Waals surface area contributed by atoms with Gasteiger partial charge in [-0.2, -0.15) is 0 Å². The minimum absolute atomic E-state index is 0.0204. The Balaban J connectivity index is 1.97. The summed E-state index contributed by atoms with van der Waals surface area (Å²) in [5, 5.41) is 9.51. The minimum atomic E-state index is -0.333. The van der Waals surface area contributed by atoms with E-state index < -0.39 is 0 Å². The molecule has 0 unspecified atom stereocenters. The van der Waals surface area contributed by atoms with E-state index in [1.165, 1.54) is 12.1 Å². The summed E-state index contributed by atoms with van der Waals surface area (Å²) in [6, 6.07) is 12.1. The molecule has 0 bridgehead atoms. The standard InChI is InChI=1S/C17H16O4/c1-10-16(19)14-9-12(18)5-8-15(14)21-17(10)11-3-6-13(20-2)7-4-11/h3-10,17-18H,1-2H3/t10-,17+/m1/s1. The summed E-state index contributed by atoms with van der Waals surface area (Å²) in [4.78, 5) is 12.5. The average molecular weight is 284 g/mol. The predicted octanol–water partition coefficient (Wildman–Crippen LogP) is 3.35.